The Morgan fingerprint density at radius 1 is 0.967 bits per heavy atom. The van der Waals surface area contributed by atoms with Crippen LogP contribution in [-0.2, 0) is 11.2 Å². The van der Waals surface area contributed by atoms with Gasteiger partial charge in [-0.1, -0.05) is 48.0 Å². The van der Waals surface area contributed by atoms with Crippen LogP contribution in [0.3, 0.4) is 0 Å². The summed E-state index contributed by atoms with van der Waals surface area (Å²) in [6.07, 6.45) is 0.431. The van der Waals surface area contributed by atoms with Crippen molar-refractivity contribution in [2.24, 2.45) is 0 Å². The number of hydrogen-bond donors (Lipinski definition) is 0. The quantitative estimate of drug-likeness (QED) is 0.612. The number of amides is 2. The van der Waals surface area contributed by atoms with E-state index in [1.807, 2.05) is 17.0 Å². The highest BCUT2D eigenvalue weighted by atomic mass is 32.1. The molecule has 1 saturated heterocycles. The highest BCUT2D eigenvalue weighted by molar-refractivity contribution is 7.21. The maximum absolute atomic E-state index is 13.4. The lowest BCUT2D eigenvalue weighted by Gasteiger charge is -2.34. The van der Waals surface area contributed by atoms with Crippen LogP contribution in [0.2, 0.25) is 0 Å². The molecule has 6 heteroatoms. The van der Waals surface area contributed by atoms with Crippen molar-refractivity contribution in [1.82, 2.24) is 9.80 Å². The highest BCUT2D eigenvalue weighted by Crippen LogP contribution is 2.34. The lowest BCUT2D eigenvalue weighted by Crippen LogP contribution is -2.50. The molecule has 4 rings (SSSR count). The van der Waals surface area contributed by atoms with Gasteiger partial charge >= 0.3 is 6.09 Å². The van der Waals surface area contributed by atoms with E-state index in [9.17, 15) is 9.59 Å². The molecular weight excluding hydrogens is 396 g/mol. The number of ether oxygens (including phenoxy) is 1. The van der Waals surface area contributed by atoms with Gasteiger partial charge in [0.25, 0.3) is 5.91 Å². The van der Waals surface area contributed by atoms with Crippen molar-refractivity contribution < 1.29 is 14.3 Å². The minimum absolute atomic E-state index is 0.0572. The van der Waals surface area contributed by atoms with Gasteiger partial charge in [-0.15, -0.1) is 11.3 Å². The fraction of sp³-hybridized carbons (Fsp3) is 0.333. The number of aryl methyl sites for hydroxylation is 1. The second kappa shape index (κ2) is 8.88. The third kappa shape index (κ3) is 4.19. The van der Waals surface area contributed by atoms with Gasteiger partial charge < -0.3 is 14.5 Å². The van der Waals surface area contributed by atoms with E-state index in [1.165, 1.54) is 11.1 Å². The van der Waals surface area contributed by atoms with E-state index in [2.05, 4.69) is 43.3 Å². The van der Waals surface area contributed by atoms with Gasteiger partial charge in [0.2, 0.25) is 0 Å². The van der Waals surface area contributed by atoms with Gasteiger partial charge in [0.05, 0.1) is 11.5 Å². The summed E-state index contributed by atoms with van der Waals surface area (Å²) in [5, 5.41) is 1.15. The van der Waals surface area contributed by atoms with Gasteiger partial charge in [0.15, 0.2) is 0 Å². The highest BCUT2D eigenvalue weighted by Gasteiger charge is 2.28. The molecule has 0 N–H and O–H groups in total. The van der Waals surface area contributed by atoms with Crippen molar-refractivity contribution in [3.63, 3.8) is 0 Å². The maximum atomic E-state index is 13.4. The topological polar surface area (TPSA) is 49.9 Å². The third-order valence-corrected chi connectivity index (χ3v) is 6.69. The van der Waals surface area contributed by atoms with E-state index in [0.29, 0.717) is 32.8 Å². The number of hydrogen-bond acceptors (Lipinski definition) is 4. The average Bonchev–Trinajstić information content (AvgIpc) is 3.13. The number of thiophene rings is 1. The smallest absolute Gasteiger partial charge is 0.409 e. The molecule has 3 aromatic rings. The first-order valence-electron chi connectivity index (χ1n) is 10.3. The molecule has 0 unspecified atom stereocenters. The summed E-state index contributed by atoms with van der Waals surface area (Å²) in [7, 11) is 0. The van der Waals surface area contributed by atoms with Crippen molar-refractivity contribution in [2.75, 3.05) is 32.8 Å². The summed E-state index contributed by atoms with van der Waals surface area (Å²) in [6.45, 7) is 6.29. The first kappa shape index (κ1) is 20.4. The monoisotopic (exact) mass is 422 g/mol. The number of piperazine rings is 1. The van der Waals surface area contributed by atoms with Gasteiger partial charge in [0, 0.05) is 30.9 Å². The Kier molecular flexibility index (Phi) is 6.04. The van der Waals surface area contributed by atoms with E-state index < -0.39 is 0 Å². The van der Waals surface area contributed by atoms with Crippen LogP contribution >= 0.6 is 11.3 Å². The zero-order valence-corrected chi connectivity index (χ0v) is 18.2. The van der Waals surface area contributed by atoms with E-state index in [0.717, 1.165) is 26.9 Å². The van der Waals surface area contributed by atoms with Gasteiger partial charge in [-0.2, -0.15) is 0 Å². The zero-order valence-electron chi connectivity index (χ0n) is 17.4. The normalized spacial score (nSPS) is 14.2. The van der Waals surface area contributed by atoms with Crippen molar-refractivity contribution in [3.05, 3.63) is 70.1 Å². The Balaban J connectivity index is 1.58. The lowest BCUT2D eigenvalue weighted by molar-refractivity contribution is 0.0573. The summed E-state index contributed by atoms with van der Waals surface area (Å²) in [4.78, 5) is 29.7. The molecule has 2 heterocycles. The number of benzene rings is 2. The molecule has 30 heavy (non-hydrogen) atoms. The number of carbonyl (C=O) groups is 2. The van der Waals surface area contributed by atoms with Gasteiger partial charge in [-0.05, 0) is 42.8 Å². The minimum Gasteiger partial charge on any atom is -0.450 e. The second-order valence-electron chi connectivity index (χ2n) is 7.55. The molecule has 0 spiro atoms. The molecule has 2 amide bonds. The van der Waals surface area contributed by atoms with Crippen LogP contribution in [0, 0.1) is 6.92 Å². The molecule has 1 aliphatic rings. The third-order valence-electron chi connectivity index (χ3n) is 5.49. The fourth-order valence-corrected chi connectivity index (χ4v) is 5.00. The van der Waals surface area contributed by atoms with Crippen LogP contribution in [0.25, 0.3) is 10.1 Å². The molecule has 0 atom stereocenters. The fourth-order valence-electron chi connectivity index (χ4n) is 3.81. The molecule has 1 aliphatic heterocycles. The summed E-state index contributed by atoms with van der Waals surface area (Å²) in [5.74, 6) is 0.0572. The summed E-state index contributed by atoms with van der Waals surface area (Å²) >= 11 is 1.57. The Hall–Kier alpha value is -2.86. The van der Waals surface area contributed by atoms with E-state index in [1.54, 1.807) is 23.2 Å². The summed E-state index contributed by atoms with van der Waals surface area (Å²) in [6, 6.07) is 16.7. The average molecular weight is 423 g/mol. The Morgan fingerprint density at radius 3 is 2.33 bits per heavy atom. The standard InChI is InChI=1S/C24H26N2O3S/c1-3-29-24(28)26-14-12-25(13-15-26)23(27)22-20(16-18-10-8-17(2)9-11-18)19-6-4-5-7-21(19)30-22/h4-11H,3,12-16H2,1-2H3. The number of fused-ring (bicyclic) bond motifs is 1. The van der Waals surface area contributed by atoms with Crippen LogP contribution in [0.4, 0.5) is 4.79 Å². The van der Waals surface area contributed by atoms with Crippen molar-refractivity contribution >= 4 is 33.4 Å². The minimum atomic E-state index is -0.300. The van der Waals surface area contributed by atoms with Crippen LogP contribution in [0.1, 0.15) is 33.3 Å². The molecule has 2 aromatic carbocycles. The second-order valence-corrected chi connectivity index (χ2v) is 8.60. The Bertz CT molecular complexity index is 1050. The zero-order chi connectivity index (χ0) is 21.1. The SMILES string of the molecule is CCOC(=O)N1CCN(C(=O)c2sc3ccccc3c2Cc2ccc(C)cc2)CC1. The van der Waals surface area contributed by atoms with Crippen LogP contribution in [-0.4, -0.2) is 54.6 Å². The molecule has 0 bridgehead atoms. The largest absolute Gasteiger partial charge is 0.450 e. The Morgan fingerprint density at radius 2 is 1.63 bits per heavy atom. The van der Waals surface area contributed by atoms with Gasteiger partial charge in [0.1, 0.15) is 0 Å². The van der Waals surface area contributed by atoms with Crippen LogP contribution < -0.4 is 0 Å². The Labute approximate surface area is 180 Å². The summed E-state index contributed by atoms with van der Waals surface area (Å²) < 4.78 is 6.21. The molecule has 5 nitrogen and oxygen atoms in total. The van der Waals surface area contributed by atoms with Gasteiger partial charge in [-0.3, -0.25) is 4.79 Å². The van der Waals surface area contributed by atoms with Crippen LogP contribution in [0.15, 0.2) is 48.5 Å². The van der Waals surface area contributed by atoms with Crippen molar-refractivity contribution in [3.8, 4) is 0 Å². The predicted molar refractivity (Wildman–Crippen MR) is 120 cm³/mol. The molecule has 1 aromatic heterocycles. The first-order chi connectivity index (χ1) is 14.6. The van der Waals surface area contributed by atoms with Crippen molar-refractivity contribution in [2.45, 2.75) is 20.3 Å². The molecule has 0 radical (unpaired) electrons. The number of rotatable bonds is 4. The molecule has 156 valence electrons. The summed E-state index contributed by atoms with van der Waals surface area (Å²) in [5.41, 5.74) is 3.52. The first-order valence-corrected chi connectivity index (χ1v) is 11.2. The molecule has 1 fully saturated rings. The van der Waals surface area contributed by atoms with Gasteiger partial charge in [-0.25, -0.2) is 4.79 Å². The molecular formula is C24H26N2O3S. The number of carbonyl (C=O) groups excluding carboxylic acids is 2. The molecule has 0 saturated carbocycles. The van der Waals surface area contributed by atoms with E-state index >= 15 is 0 Å². The van der Waals surface area contributed by atoms with Crippen LogP contribution in [0.5, 0.6) is 0 Å². The predicted octanol–water partition coefficient (Wildman–Crippen LogP) is 4.71. The van der Waals surface area contributed by atoms with Crippen molar-refractivity contribution in [1.29, 1.82) is 0 Å². The number of nitrogens with zero attached hydrogens (tertiary/aromatic N) is 2. The maximum Gasteiger partial charge on any atom is 0.409 e. The van der Waals surface area contributed by atoms with E-state index in [-0.39, 0.29) is 12.0 Å². The lowest BCUT2D eigenvalue weighted by atomic mass is 10.0. The molecule has 0 aliphatic carbocycles. The van der Waals surface area contributed by atoms with E-state index in [4.69, 9.17) is 4.74 Å².